The van der Waals surface area contributed by atoms with E-state index in [4.69, 9.17) is 0 Å². The summed E-state index contributed by atoms with van der Waals surface area (Å²) in [6.07, 6.45) is 0. The molecule has 152 valence electrons. The normalized spacial score (nSPS) is 10.2. The van der Waals surface area contributed by atoms with Gasteiger partial charge in [-0.25, -0.2) is 0 Å². The number of hydrogen-bond donors (Lipinski definition) is 3. The summed E-state index contributed by atoms with van der Waals surface area (Å²) in [5.74, 6) is -1.84. The topological polar surface area (TPSA) is 113 Å². The maximum atomic E-state index is 13.4. The third-order valence-corrected chi connectivity index (χ3v) is 4.07. The molecule has 3 aromatic rings. The van der Waals surface area contributed by atoms with Gasteiger partial charge < -0.3 is 16.0 Å². The Hall–Kier alpha value is -4.27. The number of nitrogens with one attached hydrogen (secondary N) is 3. The molecule has 0 fully saturated rings. The summed E-state index contributed by atoms with van der Waals surface area (Å²) in [6.45, 7) is -0.239. The van der Waals surface area contributed by atoms with Crippen LogP contribution in [-0.4, -0.2) is 23.3 Å². The molecule has 0 aliphatic heterocycles. The van der Waals surface area contributed by atoms with E-state index in [9.17, 15) is 24.1 Å². The molecule has 3 N–H and O–H groups in total. The highest BCUT2D eigenvalue weighted by molar-refractivity contribution is 6.10. The summed E-state index contributed by atoms with van der Waals surface area (Å²) < 4.78 is 13.4. The first-order valence-electron chi connectivity index (χ1n) is 8.87. The molecule has 0 aromatic heterocycles. The number of rotatable bonds is 7. The Bertz CT molecular complexity index is 1090. The van der Waals surface area contributed by atoms with Crippen LogP contribution in [0.4, 0.5) is 27.1 Å². The number of para-hydroxylation sites is 2. The monoisotopic (exact) mass is 408 g/mol. The van der Waals surface area contributed by atoms with Crippen LogP contribution in [0.1, 0.15) is 10.4 Å². The maximum absolute atomic E-state index is 13.4. The fourth-order valence-corrected chi connectivity index (χ4v) is 2.65. The van der Waals surface area contributed by atoms with E-state index in [1.165, 1.54) is 6.07 Å². The zero-order valence-electron chi connectivity index (χ0n) is 15.6. The van der Waals surface area contributed by atoms with Gasteiger partial charge in [0.15, 0.2) is 0 Å². The molecule has 0 aliphatic carbocycles. The van der Waals surface area contributed by atoms with Crippen molar-refractivity contribution in [1.82, 2.24) is 0 Å². The minimum atomic E-state index is -0.964. The van der Waals surface area contributed by atoms with Crippen molar-refractivity contribution in [2.45, 2.75) is 0 Å². The van der Waals surface area contributed by atoms with Gasteiger partial charge in [-0.05, 0) is 36.4 Å². The Morgan fingerprint density at radius 3 is 2.33 bits per heavy atom. The third-order valence-electron chi connectivity index (χ3n) is 4.07. The van der Waals surface area contributed by atoms with Gasteiger partial charge in [-0.1, -0.05) is 30.3 Å². The first-order chi connectivity index (χ1) is 14.4. The largest absolute Gasteiger partial charge is 0.376 e. The van der Waals surface area contributed by atoms with Gasteiger partial charge in [0.25, 0.3) is 5.91 Å². The van der Waals surface area contributed by atoms with Gasteiger partial charge in [0, 0.05) is 17.4 Å². The highest BCUT2D eigenvalue weighted by Gasteiger charge is 2.16. The summed E-state index contributed by atoms with van der Waals surface area (Å²) in [7, 11) is 0. The van der Waals surface area contributed by atoms with Crippen molar-refractivity contribution in [3.8, 4) is 0 Å². The lowest BCUT2D eigenvalue weighted by molar-refractivity contribution is -0.387. The third kappa shape index (κ3) is 5.16. The molecule has 2 amide bonds. The van der Waals surface area contributed by atoms with Crippen LogP contribution in [0.5, 0.6) is 0 Å². The van der Waals surface area contributed by atoms with Crippen molar-refractivity contribution in [1.29, 1.82) is 0 Å². The van der Waals surface area contributed by atoms with Crippen LogP contribution in [0.25, 0.3) is 0 Å². The molecule has 0 unspecified atom stereocenters. The second kappa shape index (κ2) is 9.28. The van der Waals surface area contributed by atoms with Gasteiger partial charge in [0.1, 0.15) is 0 Å². The molecule has 0 saturated heterocycles. The van der Waals surface area contributed by atoms with Gasteiger partial charge >= 0.3 is 5.69 Å². The first-order valence-corrected chi connectivity index (χ1v) is 8.87. The van der Waals surface area contributed by atoms with Gasteiger partial charge in [-0.15, -0.1) is 0 Å². The standard InChI is InChI=1S/C21H17FN4O4/c22-17-11-10-15(12-19(17)26(29)30)23-13-20(27)25-18-9-5-4-8-16(18)21(28)24-14-6-2-1-3-7-14/h1-12,23H,13H2,(H,24,28)(H,25,27). The Balaban J connectivity index is 1.65. The van der Waals surface area contributed by atoms with E-state index in [0.29, 0.717) is 11.4 Å². The fourth-order valence-electron chi connectivity index (χ4n) is 2.65. The minimum absolute atomic E-state index is 0.216. The van der Waals surface area contributed by atoms with E-state index in [2.05, 4.69) is 16.0 Å². The van der Waals surface area contributed by atoms with E-state index in [0.717, 1.165) is 12.1 Å². The molecule has 0 aliphatic rings. The Morgan fingerprint density at radius 1 is 0.900 bits per heavy atom. The fraction of sp³-hybridized carbons (Fsp3) is 0.0476. The molecule has 0 atom stereocenters. The lowest BCUT2D eigenvalue weighted by Gasteiger charge is -2.12. The zero-order valence-corrected chi connectivity index (χ0v) is 15.6. The Kier molecular flexibility index (Phi) is 6.33. The number of benzene rings is 3. The zero-order chi connectivity index (χ0) is 21.5. The van der Waals surface area contributed by atoms with Crippen molar-refractivity contribution in [2.75, 3.05) is 22.5 Å². The molecule has 30 heavy (non-hydrogen) atoms. The Labute approximate surface area is 170 Å². The lowest BCUT2D eigenvalue weighted by Crippen LogP contribution is -2.24. The summed E-state index contributed by atoms with van der Waals surface area (Å²) in [5, 5.41) is 18.9. The summed E-state index contributed by atoms with van der Waals surface area (Å²) in [6, 6.07) is 18.6. The number of nitro benzene ring substituents is 1. The SMILES string of the molecule is O=C(CNc1ccc(F)c([N+](=O)[O-])c1)Nc1ccccc1C(=O)Nc1ccccc1. The molecule has 3 rings (SSSR count). The van der Waals surface area contributed by atoms with Crippen LogP contribution in [-0.2, 0) is 4.79 Å². The molecule has 8 nitrogen and oxygen atoms in total. The quantitative estimate of drug-likeness (QED) is 0.403. The minimum Gasteiger partial charge on any atom is -0.376 e. The van der Waals surface area contributed by atoms with Crippen molar-refractivity contribution < 1.29 is 18.9 Å². The van der Waals surface area contributed by atoms with Crippen molar-refractivity contribution in [2.24, 2.45) is 0 Å². The van der Waals surface area contributed by atoms with Crippen LogP contribution in [0.15, 0.2) is 72.8 Å². The second-order valence-corrected chi connectivity index (χ2v) is 6.19. The van der Waals surface area contributed by atoms with Gasteiger partial charge in [0.05, 0.1) is 22.7 Å². The Morgan fingerprint density at radius 2 is 1.60 bits per heavy atom. The van der Waals surface area contributed by atoms with Gasteiger partial charge in [-0.3, -0.25) is 19.7 Å². The van der Waals surface area contributed by atoms with Crippen LogP contribution in [0, 0.1) is 15.9 Å². The number of nitro groups is 1. The number of carbonyl (C=O) groups excluding carboxylic acids is 2. The predicted octanol–water partition coefficient (Wildman–Crippen LogP) is 4.04. The van der Waals surface area contributed by atoms with Crippen molar-refractivity contribution >= 4 is 34.6 Å². The number of halogens is 1. The van der Waals surface area contributed by atoms with E-state index in [-0.39, 0.29) is 23.7 Å². The van der Waals surface area contributed by atoms with E-state index in [1.807, 2.05) is 6.07 Å². The average molecular weight is 408 g/mol. The average Bonchev–Trinajstić information content (AvgIpc) is 2.74. The van der Waals surface area contributed by atoms with Crippen LogP contribution in [0.2, 0.25) is 0 Å². The number of nitrogens with zero attached hydrogens (tertiary/aromatic N) is 1. The summed E-state index contributed by atoms with van der Waals surface area (Å²) in [5.41, 5.74) is 0.717. The van der Waals surface area contributed by atoms with E-state index in [1.54, 1.807) is 48.5 Å². The predicted molar refractivity (Wildman–Crippen MR) is 111 cm³/mol. The molecule has 0 heterocycles. The van der Waals surface area contributed by atoms with Crippen molar-refractivity contribution in [3.63, 3.8) is 0 Å². The molecule has 3 aromatic carbocycles. The first kappa shape index (κ1) is 20.5. The molecule has 9 heteroatoms. The van der Waals surface area contributed by atoms with Crippen LogP contribution in [0.3, 0.4) is 0 Å². The summed E-state index contributed by atoms with van der Waals surface area (Å²) in [4.78, 5) is 34.8. The van der Waals surface area contributed by atoms with Gasteiger partial charge in [0.2, 0.25) is 11.7 Å². The van der Waals surface area contributed by atoms with Crippen LogP contribution < -0.4 is 16.0 Å². The van der Waals surface area contributed by atoms with Crippen molar-refractivity contribution in [3.05, 3.63) is 94.3 Å². The second-order valence-electron chi connectivity index (χ2n) is 6.19. The molecule has 0 saturated carbocycles. The smallest absolute Gasteiger partial charge is 0.306 e. The molecular formula is C21H17FN4O4. The number of anilines is 3. The van der Waals surface area contributed by atoms with Gasteiger partial charge in [-0.2, -0.15) is 4.39 Å². The van der Waals surface area contributed by atoms with Crippen LogP contribution >= 0.6 is 0 Å². The molecule has 0 radical (unpaired) electrons. The van der Waals surface area contributed by atoms with E-state index >= 15 is 0 Å². The van der Waals surface area contributed by atoms with E-state index < -0.39 is 22.3 Å². The molecule has 0 spiro atoms. The maximum Gasteiger partial charge on any atom is 0.306 e. The number of carbonyl (C=O) groups is 2. The summed E-state index contributed by atoms with van der Waals surface area (Å²) >= 11 is 0. The lowest BCUT2D eigenvalue weighted by atomic mass is 10.1. The molecular weight excluding hydrogens is 391 g/mol. The number of hydrogen-bond acceptors (Lipinski definition) is 5. The number of amides is 2. The highest BCUT2D eigenvalue weighted by Crippen LogP contribution is 2.22. The molecule has 0 bridgehead atoms. The highest BCUT2D eigenvalue weighted by atomic mass is 19.1.